The van der Waals surface area contributed by atoms with Crippen LogP contribution < -0.4 is 5.32 Å². The maximum absolute atomic E-state index is 13.2. The number of carbonyl (C=O) groups is 1. The maximum atomic E-state index is 13.2. The molecule has 0 spiro atoms. The molecule has 28 heavy (non-hydrogen) atoms. The molecule has 0 bridgehead atoms. The van der Waals surface area contributed by atoms with Crippen molar-refractivity contribution in [2.45, 2.75) is 43.7 Å². The molecule has 4 rings (SSSR count). The smallest absolute Gasteiger partial charge is 0.133 e. The van der Waals surface area contributed by atoms with E-state index in [9.17, 15) is 14.3 Å². The lowest BCUT2D eigenvalue weighted by Crippen LogP contribution is -2.45. The van der Waals surface area contributed by atoms with Crippen molar-refractivity contribution in [3.8, 4) is 0 Å². The first-order valence-corrected chi connectivity index (χ1v) is 10.3. The molecule has 1 atom stereocenters. The number of benzene rings is 1. The molecule has 2 aliphatic carbocycles. The van der Waals surface area contributed by atoms with E-state index >= 15 is 0 Å². The second kappa shape index (κ2) is 9.44. The summed E-state index contributed by atoms with van der Waals surface area (Å²) in [6.45, 7) is 2.59. The van der Waals surface area contributed by atoms with Crippen LogP contribution in [0.25, 0.3) is 0 Å². The molecule has 1 aromatic rings. The van der Waals surface area contributed by atoms with Crippen molar-refractivity contribution in [2.75, 3.05) is 40.4 Å². The average Bonchev–Trinajstić information content (AvgIpc) is 3.57. The molecule has 6 heteroatoms. The Bertz CT molecular complexity index is 649. The van der Waals surface area contributed by atoms with Crippen molar-refractivity contribution in [3.05, 3.63) is 35.1 Å². The van der Waals surface area contributed by atoms with Crippen LogP contribution in [0, 0.1) is 17.7 Å². The number of aldehydes is 1. The van der Waals surface area contributed by atoms with Crippen molar-refractivity contribution < 1.29 is 19.0 Å². The number of hydrogen-bond donors (Lipinski definition) is 2. The van der Waals surface area contributed by atoms with Crippen molar-refractivity contribution in [1.82, 2.24) is 10.2 Å². The highest BCUT2D eigenvalue weighted by Gasteiger charge is 2.52. The van der Waals surface area contributed by atoms with Gasteiger partial charge in [-0.25, -0.2) is 4.39 Å². The minimum Gasteiger partial charge on any atom is -0.388 e. The minimum absolute atomic E-state index is 0.162. The highest BCUT2D eigenvalue weighted by Crippen LogP contribution is 2.51. The van der Waals surface area contributed by atoms with Crippen LogP contribution in [0.4, 0.5) is 4.39 Å². The van der Waals surface area contributed by atoms with E-state index < -0.39 is 5.60 Å². The summed E-state index contributed by atoms with van der Waals surface area (Å²) in [5.41, 5.74) is 1.82. The largest absolute Gasteiger partial charge is 0.388 e. The van der Waals surface area contributed by atoms with Crippen molar-refractivity contribution in [2.24, 2.45) is 11.8 Å². The van der Waals surface area contributed by atoms with Gasteiger partial charge in [-0.3, -0.25) is 4.90 Å². The first-order chi connectivity index (χ1) is 13.5. The number of hydrogen-bond acceptors (Lipinski definition) is 5. The summed E-state index contributed by atoms with van der Waals surface area (Å²) >= 11 is 0. The average molecular weight is 393 g/mol. The van der Waals surface area contributed by atoms with Gasteiger partial charge in [0, 0.05) is 20.2 Å². The number of ether oxygens (including phenoxy) is 1. The predicted molar refractivity (Wildman–Crippen MR) is 107 cm³/mol. The molecule has 5 nitrogen and oxygen atoms in total. The molecule has 0 aromatic heterocycles. The van der Waals surface area contributed by atoms with Gasteiger partial charge in [-0.15, -0.1) is 0 Å². The second-order valence-electron chi connectivity index (χ2n) is 8.38. The van der Waals surface area contributed by atoms with E-state index in [2.05, 4.69) is 17.3 Å². The highest BCUT2D eigenvalue weighted by molar-refractivity contribution is 5.51. The molecule has 156 valence electrons. The quantitative estimate of drug-likeness (QED) is 0.525. The minimum atomic E-state index is -0.497. The fourth-order valence-corrected chi connectivity index (χ4v) is 4.29. The van der Waals surface area contributed by atoms with Crippen LogP contribution in [0.15, 0.2) is 18.2 Å². The van der Waals surface area contributed by atoms with Crippen molar-refractivity contribution >= 4 is 6.29 Å². The van der Waals surface area contributed by atoms with E-state index in [1.807, 2.05) is 6.07 Å². The van der Waals surface area contributed by atoms with E-state index in [-0.39, 0.29) is 11.9 Å². The molecule has 1 aliphatic heterocycles. The third-order valence-corrected chi connectivity index (χ3v) is 6.26. The van der Waals surface area contributed by atoms with Gasteiger partial charge in [0.15, 0.2) is 0 Å². The van der Waals surface area contributed by atoms with E-state index in [0.29, 0.717) is 31.5 Å². The topological polar surface area (TPSA) is 61.8 Å². The Hall–Kier alpha value is -1.34. The SMILES string of the molecule is COCC1c2cc(F)ccc2CCN1C.O=CCNCC(O)(C1CC1)C1CC1. The summed E-state index contributed by atoms with van der Waals surface area (Å²) < 4.78 is 18.4. The van der Waals surface area contributed by atoms with E-state index in [1.165, 1.54) is 11.6 Å². The Morgan fingerprint density at radius 1 is 1.32 bits per heavy atom. The third kappa shape index (κ3) is 5.17. The number of aliphatic hydroxyl groups is 1. The van der Waals surface area contributed by atoms with Crippen LogP contribution in [0.5, 0.6) is 0 Å². The molecule has 1 unspecified atom stereocenters. The molecular weight excluding hydrogens is 359 g/mol. The van der Waals surface area contributed by atoms with E-state index in [1.54, 1.807) is 13.2 Å². The Balaban J connectivity index is 0.000000162. The monoisotopic (exact) mass is 392 g/mol. The van der Waals surface area contributed by atoms with Crippen LogP contribution in [-0.2, 0) is 16.0 Å². The second-order valence-corrected chi connectivity index (χ2v) is 8.38. The van der Waals surface area contributed by atoms with Gasteiger partial charge in [-0.1, -0.05) is 6.07 Å². The van der Waals surface area contributed by atoms with Gasteiger partial charge in [0.2, 0.25) is 0 Å². The summed E-state index contributed by atoms with van der Waals surface area (Å²) in [7, 11) is 3.74. The molecule has 2 N–H and O–H groups in total. The molecule has 2 saturated carbocycles. The fourth-order valence-electron chi connectivity index (χ4n) is 4.29. The number of likely N-dealkylation sites (N-methyl/N-ethyl adjacent to an activating group) is 1. The number of nitrogens with one attached hydrogen (secondary N) is 1. The number of fused-ring (bicyclic) bond motifs is 1. The Labute approximate surface area is 167 Å². The predicted octanol–water partition coefficient (Wildman–Crippen LogP) is 2.33. The number of carbonyl (C=O) groups excluding carboxylic acids is 1. The summed E-state index contributed by atoms with van der Waals surface area (Å²) in [4.78, 5) is 12.3. The zero-order valence-corrected chi connectivity index (χ0v) is 17.0. The van der Waals surface area contributed by atoms with Crippen LogP contribution in [0.3, 0.4) is 0 Å². The van der Waals surface area contributed by atoms with Crippen LogP contribution in [0.1, 0.15) is 42.9 Å². The molecular formula is C22H33FN2O3. The van der Waals surface area contributed by atoms with Gasteiger partial charge in [0.1, 0.15) is 12.1 Å². The Morgan fingerprint density at radius 2 is 2.00 bits per heavy atom. The first-order valence-electron chi connectivity index (χ1n) is 10.3. The van der Waals surface area contributed by atoms with Gasteiger partial charge in [0.25, 0.3) is 0 Å². The normalized spacial score (nSPS) is 22.2. The van der Waals surface area contributed by atoms with Gasteiger partial charge in [0.05, 0.1) is 24.8 Å². The lowest BCUT2D eigenvalue weighted by atomic mass is 9.92. The maximum Gasteiger partial charge on any atom is 0.133 e. The number of nitrogens with zero attached hydrogens (tertiary/aromatic N) is 1. The molecule has 3 aliphatic rings. The highest BCUT2D eigenvalue weighted by atomic mass is 19.1. The molecule has 0 saturated heterocycles. The zero-order valence-electron chi connectivity index (χ0n) is 17.0. The Morgan fingerprint density at radius 3 is 2.57 bits per heavy atom. The number of halogens is 1. The number of methoxy groups -OCH3 is 1. The zero-order chi connectivity index (χ0) is 20.1. The molecule has 1 heterocycles. The molecule has 0 amide bonds. The van der Waals surface area contributed by atoms with E-state index in [4.69, 9.17) is 4.74 Å². The van der Waals surface area contributed by atoms with Gasteiger partial charge in [-0.05, 0) is 74.2 Å². The lowest BCUT2D eigenvalue weighted by molar-refractivity contribution is -0.107. The van der Waals surface area contributed by atoms with Gasteiger partial charge < -0.3 is 20.0 Å². The fraction of sp³-hybridized carbons (Fsp3) is 0.682. The van der Waals surface area contributed by atoms with Crippen molar-refractivity contribution in [1.29, 1.82) is 0 Å². The molecule has 1 aromatic carbocycles. The third-order valence-electron chi connectivity index (χ3n) is 6.26. The first kappa shape index (κ1) is 21.4. The van der Waals surface area contributed by atoms with Crippen LogP contribution in [0.2, 0.25) is 0 Å². The number of rotatable bonds is 8. The Kier molecular flexibility index (Phi) is 7.20. The lowest BCUT2D eigenvalue weighted by Gasteiger charge is -2.34. The standard InChI is InChI=1S/C12H16FNO.C10H17NO2/c1-14-6-5-9-3-4-10(13)7-11(9)12(14)8-15-2;12-6-5-11-7-10(13,8-1-2-8)9-3-4-9/h3-4,7,12H,5-6,8H2,1-2H3;6,8-9,11,13H,1-5,7H2. The summed E-state index contributed by atoms with van der Waals surface area (Å²) in [6, 6.07) is 5.25. The van der Waals surface area contributed by atoms with Gasteiger partial charge in [-0.2, -0.15) is 0 Å². The van der Waals surface area contributed by atoms with Gasteiger partial charge >= 0.3 is 0 Å². The summed E-state index contributed by atoms with van der Waals surface area (Å²) in [6.07, 6.45) is 6.49. The van der Waals surface area contributed by atoms with Crippen molar-refractivity contribution in [3.63, 3.8) is 0 Å². The summed E-state index contributed by atoms with van der Waals surface area (Å²) in [5.74, 6) is 0.837. The molecule has 0 radical (unpaired) electrons. The molecule has 2 fully saturated rings. The van der Waals surface area contributed by atoms with Crippen LogP contribution >= 0.6 is 0 Å². The summed E-state index contributed by atoms with van der Waals surface area (Å²) in [5, 5.41) is 13.3. The van der Waals surface area contributed by atoms with E-state index in [0.717, 1.165) is 50.5 Å². The van der Waals surface area contributed by atoms with Crippen LogP contribution in [-0.4, -0.2) is 62.3 Å².